The SMILES string of the molecule is Cc1cccc(-n2cccc2[C@H]2[C@H](c3ccccn3)NC(=S)N2c2ccccc2)c1. The lowest BCUT2D eigenvalue weighted by atomic mass is 10.0. The molecule has 30 heavy (non-hydrogen) atoms. The lowest BCUT2D eigenvalue weighted by molar-refractivity contribution is 0.549. The Labute approximate surface area is 181 Å². The Kier molecular flexibility index (Phi) is 4.81. The van der Waals surface area contributed by atoms with Crippen molar-refractivity contribution in [2.24, 2.45) is 0 Å². The normalized spacial score (nSPS) is 18.4. The third kappa shape index (κ3) is 3.27. The summed E-state index contributed by atoms with van der Waals surface area (Å²) in [6.07, 6.45) is 3.95. The molecule has 148 valence electrons. The molecule has 0 unspecified atom stereocenters. The van der Waals surface area contributed by atoms with Crippen LogP contribution in [0.4, 0.5) is 5.69 Å². The first-order valence-corrected chi connectivity index (χ1v) is 10.4. The maximum absolute atomic E-state index is 5.81. The summed E-state index contributed by atoms with van der Waals surface area (Å²) in [7, 11) is 0. The minimum absolute atomic E-state index is 0.0367. The molecule has 0 bridgehead atoms. The van der Waals surface area contributed by atoms with Gasteiger partial charge in [-0.3, -0.25) is 4.98 Å². The van der Waals surface area contributed by atoms with Gasteiger partial charge in [-0.1, -0.05) is 36.4 Å². The molecule has 1 aliphatic rings. The van der Waals surface area contributed by atoms with E-state index in [-0.39, 0.29) is 12.1 Å². The lowest BCUT2D eigenvalue weighted by Gasteiger charge is -2.29. The number of rotatable bonds is 4. The number of nitrogens with zero attached hydrogens (tertiary/aromatic N) is 3. The maximum Gasteiger partial charge on any atom is 0.174 e. The number of aryl methyl sites for hydroxylation is 1. The minimum atomic E-state index is -0.0580. The number of hydrogen-bond acceptors (Lipinski definition) is 2. The van der Waals surface area contributed by atoms with E-state index in [1.54, 1.807) is 0 Å². The van der Waals surface area contributed by atoms with Crippen molar-refractivity contribution in [2.45, 2.75) is 19.0 Å². The summed E-state index contributed by atoms with van der Waals surface area (Å²) in [5.41, 5.74) is 5.57. The zero-order valence-electron chi connectivity index (χ0n) is 16.6. The number of aromatic nitrogens is 2. The summed E-state index contributed by atoms with van der Waals surface area (Å²) < 4.78 is 2.25. The molecule has 0 radical (unpaired) electrons. The van der Waals surface area contributed by atoms with Crippen LogP contribution in [0.1, 0.15) is 29.0 Å². The summed E-state index contributed by atoms with van der Waals surface area (Å²) in [4.78, 5) is 6.85. The summed E-state index contributed by atoms with van der Waals surface area (Å²) in [5, 5.41) is 4.24. The molecule has 2 aromatic carbocycles. The monoisotopic (exact) mass is 410 g/mol. The van der Waals surface area contributed by atoms with Gasteiger partial charge in [0.2, 0.25) is 0 Å². The zero-order valence-corrected chi connectivity index (χ0v) is 17.5. The number of thiocarbonyl (C=S) groups is 1. The summed E-state index contributed by atoms with van der Waals surface area (Å²) in [5.74, 6) is 0. The van der Waals surface area contributed by atoms with Crippen LogP contribution in [0, 0.1) is 6.92 Å². The molecule has 0 spiro atoms. The van der Waals surface area contributed by atoms with Crippen molar-refractivity contribution < 1.29 is 0 Å². The number of pyridine rings is 1. The predicted molar refractivity (Wildman–Crippen MR) is 125 cm³/mol. The molecule has 2 atom stereocenters. The Morgan fingerprint density at radius 1 is 0.867 bits per heavy atom. The van der Waals surface area contributed by atoms with Gasteiger partial charge in [-0.2, -0.15) is 0 Å². The van der Waals surface area contributed by atoms with Crippen molar-refractivity contribution in [2.75, 3.05) is 4.90 Å². The van der Waals surface area contributed by atoms with E-state index in [9.17, 15) is 0 Å². The zero-order chi connectivity index (χ0) is 20.5. The van der Waals surface area contributed by atoms with Crippen LogP contribution in [0.25, 0.3) is 5.69 Å². The van der Waals surface area contributed by atoms with Gasteiger partial charge < -0.3 is 14.8 Å². The van der Waals surface area contributed by atoms with Gasteiger partial charge in [-0.15, -0.1) is 0 Å². The number of para-hydroxylation sites is 1. The van der Waals surface area contributed by atoms with Crippen LogP contribution in [0.3, 0.4) is 0 Å². The summed E-state index contributed by atoms with van der Waals surface area (Å²) in [6, 6.07) is 29.1. The van der Waals surface area contributed by atoms with Gasteiger partial charge in [-0.05, 0) is 73.2 Å². The topological polar surface area (TPSA) is 33.1 Å². The van der Waals surface area contributed by atoms with E-state index in [1.165, 1.54) is 5.56 Å². The second kappa shape index (κ2) is 7.76. The van der Waals surface area contributed by atoms with E-state index >= 15 is 0 Å². The van der Waals surface area contributed by atoms with Crippen LogP contribution < -0.4 is 10.2 Å². The van der Waals surface area contributed by atoms with Crippen molar-refractivity contribution in [3.63, 3.8) is 0 Å². The molecule has 4 aromatic rings. The van der Waals surface area contributed by atoms with Gasteiger partial charge in [0.1, 0.15) is 6.04 Å². The van der Waals surface area contributed by atoms with Crippen LogP contribution in [0.5, 0.6) is 0 Å². The first kappa shape index (κ1) is 18.6. The van der Waals surface area contributed by atoms with E-state index in [4.69, 9.17) is 12.2 Å². The smallest absolute Gasteiger partial charge is 0.174 e. The third-order valence-corrected chi connectivity index (χ3v) is 5.81. The first-order chi connectivity index (χ1) is 14.7. The third-order valence-electron chi connectivity index (χ3n) is 5.50. The largest absolute Gasteiger partial charge is 0.351 e. The highest BCUT2D eigenvalue weighted by Gasteiger charge is 2.42. The molecule has 1 saturated heterocycles. The fourth-order valence-corrected chi connectivity index (χ4v) is 4.52. The van der Waals surface area contributed by atoms with Crippen molar-refractivity contribution in [1.29, 1.82) is 0 Å². The second-order valence-electron chi connectivity index (χ2n) is 7.47. The Morgan fingerprint density at radius 3 is 2.43 bits per heavy atom. The molecule has 0 amide bonds. The van der Waals surface area contributed by atoms with Crippen LogP contribution >= 0.6 is 12.2 Å². The maximum atomic E-state index is 5.81. The second-order valence-corrected chi connectivity index (χ2v) is 7.86. The van der Waals surface area contributed by atoms with Crippen LogP contribution in [-0.2, 0) is 0 Å². The van der Waals surface area contributed by atoms with Gasteiger partial charge in [0.25, 0.3) is 0 Å². The Hall–Kier alpha value is -3.44. The van der Waals surface area contributed by atoms with Gasteiger partial charge in [0.05, 0.1) is 11.7 Å². The van der Waals surface area contributed by atoms with E-state index in [2.05, 4.69) is 87.5 Å². The standard InChI is InChI=1S/C25H22N4S/c1-18-9-7-12-20(17-18)28-16-8-14-22(28)24-23(21-13-5-6-15-26-21)27-25(30)29(24)19-10-3-2-4-11-19/h2-17,23-24H,1H3,(H,27,30)/t23-,24-/m0/s1. The van der Waals surface area contributed by atoms with E-state index in [1.807, 2.05) is 36.5 Å². The lowest BCUT2D eigenvalue weighted by Crippen LogP contribution is -2.30. The van der Waals surface area contributed by atoms with Gasteiger partial charge in [0, 0.05) is 29.5 Å². The van der Waals surface area contributed by atoms with E-state index in [0.29, 0.717) is 5.11 Å². The van der Waals surface area contributed by atoms with Gasteiger partial charge >= 0.3 is 0 Å². The molecule has 4 nitrogen and oxygen atoms in total. The molecular formula is C25H22N4S. The fraction of sp³-hybridized carbons (Fsp3) is 0.120. The number of nitrogens with one attached hydrogen (secondary N) is 1. The van der Waals surface area contributed by atoms with E-state index in [0.717, 1.165) is 22.8 Å². The Balaban J connectivity index is 1.67. The minimum Gasteiger partial charge on any atom is -0.351 e. The highest BCUT2D eigenvalue weighted by Crippen LogP contribution is 2.42. The molecule has 1 aliphatic heterocycles. The molecule has 1 fully saturated rings. The highest BCUT2D eigenvalue weighted by molar-refractivity contribution is 7.80. The number of hydrogen-bond donors (Lipinski definition) is 1. The molecule has 0 aliphatic carbocycles. The van der Waals surface area contributed by atoms with Gasteiger partial charge in [0.15, 0.2) is 5.11 Å². The molecule has 3 heterocycles. The molecule has 2 aromatic heterocycles. The highest BCUT2D eigenvalue weighted by atomic mass is 32.1. The van der Waals surface area contributed by atoms with Crippen molar-refractivity contribution in [3.05, 3.63) is 114 Å². The molecule has 0 saturated carbocycles. The van der Waals surface area contributed by atoms with E-state index < -0.39 is 0 Å². The molecular weight excluding hydrogens is 388 g/mol. The summed E-state index contributed by atoms with van der Waals surface area (Å²) >= 11 is 5.81. The summed E-state index contributed by atoms with van der Waals surface area (Å²) in [6.45, 7) is 2.12. The first-order valence-electron chi connectivity index (χ1n) is 10.0. The fourth-order valence-electron chi connectivity index (χ4n) is 4.17. The van der Waals surface area contributed by atoms with Crippen molar-refractivity contribution >= 4 is 23.0 Å². The average Bonchev–Trinajstić information content (AvgIpc) is 3.39. The number of anilines is 1. The van der Waals surface area contributed by atoms with Crippen molar-refractivity contribution in [1.82, 2.24) is 14.9 Å². The Morgan fingerprint density at radius 2 is 1.67 bits per heavy atom. The van der Waals surface area contributed by atoms with Gasteiger partial charge in [-0.25, -0.2) is 0 Å². The molecule has 5 rings (SSSR count). The average molecular weight is 411 g/mol. The van der Waals surface area contributed by atoms with Crippen LogP contribution in [0.2, 0.25) is 0 Å². The molecule has 1 N–H and O–H groups in total. The predicted octanol–water partition coefficient (Wildman–Crippen LogP) is 5.36. The Bertz CT molecular complexity index is 1170. The number of benzene rings is 2. The molecule has 5 heteroatoms. The van der Waals surface area contributed by atoms with Crippen LogP contribution in [0.15, 0.2) is 97.3 Å². The quantitative estimate of drug-likeness (QED) is 0.459. The van der Waals surface area contributed by atoms with Crippen LogP contribution in [-0.4, -0.2) is 14.7 Å². The van der Waals surface area contributed by atoms with Crippen molar-refractivity contribution in [3.8, 4) is 5.69 Å².